The van der Waals surface area contributed by atoms with Gasteiger partial charge in [-0.2, -0.15) is 0 Å². The summed E-state index contributed by atoms with van der Waals surface area (Å²) in [7, 11) is 0. The van der Waals surface area contributed by atoms with E-state index >= 15 is 4.39 Å². The molecule has 0 radical (unpaired) electrons. The molecule has 5 atom stereocenters. The van der Waals surface area contributed by atoms with Crippen LogP contribution in [0.15, 0.2) is 60.7 Å². The molecule has 0 bridgehead atoms. The molecule has 49 heavy (non-hydrogen) atoms. The molecule has 2 aromatic heterocycles. The minimum atomic E-state index is -1.74. The van der Waals surface area contributed by atoms with Crippen molar-refractivity contribution in [3.8, 4) is 0 Å². The Hall–Kier alpha value is -4.72. The Bertz CT molecular complexity index is 2360. The van der Waals surface area contributed by atoms with Crippen LogP contribution in [0.3, 0.4) is 0 Å². The van der Waals surface area contributed by atoms with Gasteiger partial charge in [0, 0.05) is 27.1 Å². The maximum atomic E-state index is 15.0. The molecule has 12 heteroatoms. The molecule has 0 spiro atoms. The molecule has 5 N–H and O–H groups in total. The van der Waals surface area contributed by atoms with Crippen LogP contribution < -0.4 is 0 Å². The van der Waals surface area contributed by atoms with Crippen LogP contribution >= 0.6 is 0 Å². The lowest BCUT2D eigenvalue weighted by atomic mass is 9.87. The van der Waals surface area contributed by atoms with Crippen LogP contribution in [0.25, 0.3) is 43.6 Å². The zero-order valence-electron chi connectivity index (χ0n) is 26.7. The number of nitrogens with zero attached hydrogens (tertiary/aromatic N) is 2. The third kappa shape index (κ3) is 4.55. The third-order valence-electron chi connectivity index (χ3n) is 9.91. The number of ether oxygens (including phenoxy) is 1. The van der Waals surface area contributed by atoms with Gasteiger partial charge in [0.25, 0.3) is 11.8 Å². The van der Waals surface area contributed by atoms with Gasteiger partial charge in [-0.25, -0.2) is 8.78 Å². The first-order valence-corrected chi connectivity index (χ1v) is 16.0. The van der Waals surface area contributed by atoms with Gasteiger partial charge in [0.15, 0.2) is 6.23 Å². The predicted molar refractivity (Wildman–Crippen MR) is 177 cm³/mol. The maximum absolute atomic E-state index is 15.0. The zero-order chi connectivity index (χ0) is 34.7. The van der Waals surface area contributed by atoms with Gasteiger partial charge in [0.05, 0.1) is 40.8 Å². The number of aromatic nitrogens is 2. The summed E-state index contributed by atoms with van der Waals surface area (Å²) in [6.45, 7) is 5.49. The molecule has 0 aliphatic carbocycles. The zero-order valence-corrected chi connectivity index (χ0v) is 26.7. The first-order chi connectivity index (χ1) is 23.3. The van der Waals surface area contributed by atoms with Gasteiger partial charge in [0.2, 0.25) is 0 Å². The second-order valence-electron chi connectivity index (χ2n) is 13.9. The Kier molecular flexibility index (Phi) is 7.01. The molecule has 2 aliphatic rings. The number of amides is 2. The van der Waals surface area contributed by atoms with Crippen LogP contribution in [-0.2, 0) is 16.7 Å². The van der Waals surface area contributed by atoms with Gasteiger partial charge in [-0.3, -0.25) is 14.5 Å². The number of nitrogens with one attached hydrogen (secondary N) is 1. The second-order valence-corrected chi connectivity index (χ2v) is 13.9. The largest absolute Gasteiger partial charge is 0.394 e. The highest BCUT2D eigenvalue weighted by molar-refractivity contribution is 6.39. The van der Waals surface area contributed by atoms with E-state index in [-0.39, 0.29) is 55.8 Å². The lowest BCUT2D eigenvalue weighted by Gasteiger charge is -2.41. The van der Waals surface area contributed by atoms with Crippen LogP contribution in [-0.4, -0.2) is 77.7 Å². The van der Waals surface area contributed by atoms with Crippen molar-refractivity contribution in [2.75, 3.05) is 6.61 Å². The fraction of sp³-hybridized carbons (Fsp3) is 0.297. The van der Waals surface area contributed by atoms with Crippen molar-refractivity contribution in [1.82, 2.24) is 14.5 Å². The van der Waals surface area contributed by atoms with Crippen molar-refractivity contribution in [2.45, 2.75) is 63.4 Å². The normalized spacial score (nSPS) is 23.1. The quantitative estimate of drug-likeness (QED) is 0.170. The summed E-state index contributed by atoms with van der Waals surface area (Å²) in [5.74, 6) is -2.47. The molecule has 4 aromatic carbocycles. The van der Waals surface area contributed by atoms with Crippen molar-refractivity contribution < 1.29 is 43.5 Å². The van der Waals surface area contributed by atoms with Crippen LogP contribution in [0.5, 0.6) is 0 Å². The molecule has 0 saturated carbocycles. The highest BCUT2D eigenvalue weighted by Crippen LogP contribution is 2.47. The van der Waals surface area contributed by atoms with E-state index in [0.29, 0.717) is 16.5 Å². The number of H-pyrrole nitrogens is 1. The van der Waals surface area contributed by atoms with Gasteiger partial charge in [0.1, 0.15) is 36.1 Å². The van der Waals surface area contributed by atoms with Gasteiger partial charge in [-0.05, 0) is 52.9 Å². The Morgan fingerprint density at radius 1 is 0.816 bits per heavy atom. The molecule has 8 rings (SSSR count). The number of hydrogen-bond acceptors (Lipinski definition) is 7. The lowest BCUT2D eigenvalue weighted by molar-refractivity contribution is -0.249. The number of benzene rings is 4. The number of rotatable bonds is 4. The van der Waals surface area contributed by atoms with E-state index in [1.807, 2.05) is 24.3 Å². The summed E-state index contributed by atoms with van der Waals surface area (Å²) in [5, 5.41) is 43.5. The van der Waals surface area contributed by atoms with Crippen molar-refractivity contribution in [2.24, 2.45) is 0 Å². The van der Waals surface area contributed by atoms with Crippen molar-refractivity contribution in [3.63, 3.8) is 0 Å². The highest BCUT2D eigenvalue weighted by Gasteiger charge is 2.47. The minimum absolute atomic E-state index is 0.0211. The van der Waals surface area contributed by atoms with E-state index in [4.69, 9.17) is 4.74 Å². The predicted octanol–water partition coefficient (Wildman–Crippen LogP) is 4.77. The van der Waals surface area contributed by atoms with Crippen LogP contribution in [0.1, 0.15) is 58.8 Å². The van der Waals surface area contributed by atoms with Crippen molar-refractivity contribution in [1.29, 1.82) is 0 Å². The van der Waals surface area contributed by atoms with Gasteiger partial charge < -0.3 is 34.7 Å². The standard InChI is InChI=1S/C37H33F2N3O7/c1-37(2,3)17-6-4-16(5-7-17)14-41-34(47)27-25-20-12-18(38)8-10-22(20)40-29(25)30-26(28(27)35(41)48)21-13-19(39)9-11-23(21)42(30)36-33(46)32(45)31(44)24(15-43)49-36/h4-13,24,31-33,36,40,43-46H,14-15H2,1-3H3/t24-,31-,32+,33-,36-/m1/s1. The number of carbonyl (C=O) groups excluding carboxylic acids is 2. The number of imide groups is 1. The number of carbonyl (C=O) groups is 2. The summed E-state index contributed by atoms with van der Waals surface area (Å²) < 4.78 is 37.3. The minimum Gasteiger partial charge on any atom is -0.394 e. The molecule has 1 saturated heterocycles. The van der Waals surface area contributed by atoms with Crippen molar-refractivity contribution >= 4 is 55.4 Å². The van der Waals surface area contributed by atoms with Crippen LogP contribution in [0, 0.1) is 11.6 Å². The first kappa shape index (κ1) is 31.5. The first-order valence-electron chi connectivity index (χ1n) is 16.0. The Morgan fingerprint density at radius 3 is 2.10 bits per heavy atom. The highest BCUT2D eigenvalue weighted by atomic mass is 19.1. The van der Waals surface area contributed by atoms with Gasteiger partial charge in [-0.1, -0.05) is 45.0 Å². The van der Waals surface area contributed by atoms with E-state index in [0.717, 1.165) is 10.5 Å². The molecule has 6 aromatic rings. The van der Waals surface area contributed by atoms with Crippen molar-refractivity contribution in [3.05, 3.63) is 94.6 Å². The summed E-state index contributed by atoms with van der Waals surface area (Å²) in [6, 6.07) is 15.4. The van der Waals surface area contributed by atoms with Crippen LogP contribution in [0.2, 0.25) is 0 Å². The number of halogens is 2. The molecular formula is C37H33F2N3O7. The second kappa shape index (κ2) is 10.9. The Labute approximate surface area is 277 Å². The molecule has 2 amide bonds. The smallest absolute Gasteiger partial charge is 0.262 e. The lowest BCUT2D eigenvalue weighted by Crippen LogP contribution is -2.56. The number of aromatic amines is 1. The monoisotopic (exact) mass is 669 g/mol. The van der Waals surface area contributed by atoms with Gasteiger partial charge in [-0.15, -0.1) is 0 Å². The average Bonchev–Trinajstić information content (AvgIpc) is 3.67. The van der Waals surface area contributed by atoms with E-state index in [2.05, 4.69) is 25.8 Å². The molecule has 10 nitrogen and oxygen atoms in total. The Morgan fingerprint density at radius 2 is 1.45 bits per heavy atom. The summed E-state index contributed by atoms with van der Waals surface area (Å²) in [4.78, 5) is 33.3. The Balaban J connectivity index is 1.44. The third-order valence-corrected chi connectivity index (χ3v) is 9.91. The molecular weight excluding hydrogens is 636 g/mol. The fourth-order valence-corrected chi connectivity index (χ4v) is 7.42. The average molecular weight is 670 g/mol. The molecule has 4 heterocycles. The summed E-state index contributed by atoms with van der Waals surface area (Å²) in [6.07, 6.45) is -7.85. The van der Waals surface area contributed by atoms with E-state index in [1.54, 1.807) is 0 Å². The fourth-order valence-electron chi connectivity index (χ4n) is 7.42. The number of fused-ring (bicyclic) bond motifs is 10. The SMILES string of the molecule is CC(C)(C)c1ccc(CN2C(=O)c3c(c4c5cc(F)ccc5n([C@@H]5O[C@H](CO)[C@@H](O)[C@H](O)[C@H]5O)c4c4[nH]c5ccc(F)cc5c34)C2=O)cc1. The van der Waals surface area contributed by atoms with E-state index in [1.165, 1.54) is 41.0 Å². The summed E-state index contributed by atoms with van der Waals surface area (Å²) in [5.41, 5.74) is 2.88. The number of aliphatic hydroxyl groups is 4. The van der Waals surface area contributed by atoms with Gasteiger partial charge >= 0.3 is 0 Å². The van der Waals surface area contributed by atoms with E-state index < -0.39 is 60.7 Å². The van der Waals surface area contributed by atoms with E-state index in [9.17, 15) is 34.4 Å². The maximum Gasteiger partial charge on any atom is 0.262 e. The number of hydrogen-bond donors (Lipinski definition) is 5. The molecule has 2 aliphatic heterocycles. The molecule has 252 valence electrons. The molecule has 0 unspecified atom stereocenters. The molecule has 1 fully saturated rings. The number of aliphatic hydroxyl groups excluding tert-OH is 4. The topological polar surface area (TPSA) is 148 Å². The summed E-state index contributed by atoms with van der Waals surface area (Å²) >= 11 is 0. The van der Waals surface area contributed by atoms with Crippen LogP contribution in [0.4, 0.5) is 8.78 Å².